The summed E-state index contributed by atoms with van der Waals surface area (Å²) in [6.45, 7) is 11.0. The van der Waals surface area contributed by atoms with Gasteiger partial charge in [-0.3, -0.25) is 9.89 Å². The van der Waals surface area contributed by atoms with Crippen molar-refractivity contribution in [2.24, 2.45) is 15.8 Å². The van der Waals surface area contributed by atoms with Gasteiger partial charge in [-0.15, -0.1) is 0 Å². The maximum Gasteiger partial charge on any atom is 0.415 e. The first-order valence-corrected chi connectivity index (χ1v) is 6.37. The van der Waals surface area contributed by atoms with Gasteiger partial charge in [0.05, 0.1) is 25.0 Å². The summed E-state index contributed by atoms with van der Waals surface area (Å²) in [5, 5.41) is 0. The van der Waals surface area contributed by atoms with Crippen LogP contribution >= 0.6 is 0 Å². The minimum atomic E-state index is -0.315. The number of methoxy groups -OCH3 is 1. The molecule has 0 N–H and O–H groups in total. The third kappa shape index (κ3) is 0.722. The van der Waals surface area contributed by atoms with E-state index in [1.807, 2.05) is 0 Å². The summed E-state index contributed by atoms with van der Waals surface area (Å²) in [5.74, 6) is 0. The lowest BCUT2D eigenvalue weighted by molar-refractivity contribution is -0.170. The summed E-state index contributed by atoms with van der Waals surface area (Å²) >= 11 is 0. The summed E-state index contributed by atoms with van der Waals surface area (Å²) in [7, 11) is 1.42. The number of carbonyl (C=O) groups is 1. The van der Waals surface area contributed by atoms with E-state index < -0.39 is 0 Å². The molecule has 1 amide bonds. The van der Waals surface area contributed by atoms with Gasteiger partial charge >= 0.3 is 6.09 Å². The second kappa shape index (κ2) is 2.81. The highest BCUT2D eigenvalue weighted by atomic mass is 16.5. The Labute approximate surface area is 108 Å². The Morgan fingerprint density at radius 2 is 1.94 bits per heavy atom. The van der Waals surface area contributed by atoms with E-state index >= 15 is 0 Å². The van der Waals surface area contributed by atoms with Gasteiger partial charge in [-0.05, 0) is 20.8 Å². The van der Waals surface area contributed by atoms with Gasteiger partial charge in [0.1, 0.15) is 0 Å². The molecule has 0 unspecified atom stereocenters. The Bertz CT molecular complexity index is 524. The Kier molecular flexibility index (Phi) is 1.83. The van der Waals surface area contributed by atoms with Crippen LogP contribution in [0.25, 0.3) is 0 Å². The molecule has 3 aliphatic rings. The van der Waals surface area contributed by atoms with E-state index in [-0.39, 0.29) is 28.5 Å². The molecule has 0 aromatic carbocycles. The zero-order chi connectivity index (χ0) is 13.5. The van der Waals surface area contributed by atoms with Gasteiger partial charge in [0.25, 0.3) is 0 Å². The molecular weight excluding hydrogens is 228 g/mol. The second-order valence-corrected chi connectivity index (χ2v) is 6.23. The van der Waals surface area contributed by atoms with E-state index in [0.717, 1.165) is 0 Å². The number of fused-ring (bicyclic) bond motifs is 4. The predicted octanol–water partition coefficient (Wildman–Crippen LogP) is 2.60. The van der Waals surface area contributed by atoms with Gasteiger partial charge in [-0.1, -0.05) is 25.0 Å². The van der Waals surface area contributed by atoms with Gasteiger partial charge in [-0.25, -0.2) is 4.79 Å². The van der Waals surface area contributed by atoms with Crippen LogP contribution in [0, 0.1) is 10.8 Å². The van der Waals surface area contributed by atoms with Crippen LogP contribution < -0.4 is 0 Å². The second-order valence-electron chi connectivity index (χ2n) is 6.23. The van der Waals surface area contributed by atoms with E-state index in [0.29, 0.717) is 0 Å². The third-order valence-corrected chi connectivity index (χ3v) is 6.42. The van der Waals surface area contributed by atoms with Crippen LogP contribution in [-0.4, -0.2) is 36.0 Å². The van der Waals surface area contributed by atoms with Gasteiger partial charge < -0.3 is 4.74 Å². The molecular formula is C14H20N2O2. The molecule has 4 heteroatoms. The number of ether oxygens (including phenoxy) is 1. The summed E-state index contributed by atoms with van der Waals surface area (Å²) in [5.41, 5.74) is 2.63. The molecule has 18 heavy (non-hydrogen) atoms. The number of aliphatic imine (C=N–C) groups is 1. The lowest BCUT2D eigenvalue weighted by Gasteiger charge is -2.78. The lowest BCUT2D eigenvalue weighted by Crippen LogP contribution is -2.84. The highest BCUT2D eigenvalue weighted by Crippen LogP contribution is 2.79. The number of amides is 1. The quantitative estimate of drug-likeness (QED) is 0.618. The molecule has 0 aromatic rings. The SMILES string of the molecule is COC(=O)N1C=N[C@@H]2[C@]3(C)C(C)=C(C)[C@]3(C)[C@]21C. The molecule has 4 nitrogen and oxygen atoms in total. The molecule has 1 aliphatic heterocycles. The fourth-order valence-corrected chi connectivity index (χ4v) is 4.86. The van der Waals surface area contributed by atoms with Gasteiger partial charge in [0.2, 0.25) is 0 Å². The molecule has 0 saturated heterocycles. The molecule has 1 fully saturated rings. The van der Waals surface area contributed by atoms with Crippen molar-refractivity contribution in [1.29, 1.82) is 0 Å². The van der Waals surface area contributed by atoms with E-state index in [1.165, 1.54) is 18.3 Å². The van der Waals surface area contributed by atoms with Gasteiger partial charge in [0.15, 0.2) is 0 Å². The van der Waals surface area contributed by atoms with E-state index in [1.54, 1.807) is 11.2 Å². The summed E-state index contributed by atoms with van der Waals surface area (Å²) in [6.07, 6.45) is 1.34. The smallest absolute Gasteiger partial charge is 0.415 e. The summed E-state index contributed by atoms with van der Waals surface area (Å²) < 4.78 is 4.88. The van der Waals surface area contributed by atoms with Crippen LogP contribution in [-0.2, 0) is 4.74 Å². The maximum atomic E-state index is 11.9. The van der Waals surface area contributed by atoms with Crippen molar-refractivity contribution in [1.82, 2.24) is 4.90 Å². The Morgan fingerprint density at radius 1 is 1.33 bits per heavy atom. The van der Waals surface area contributed by atoms with E-state index in [9.17, 15) is 4.79 Å². The first-order chi connectivity index (χ1) is 8.27. The number of hydrogen-bond donors (Lipinski definition) is 0. The largest absolute Gasteiger partial charge is 0.452 e. The molecule has 2 aliphatic carbocycles. The minimum absolute atomic E-state index is 0.000556. The fourth-order valence-electron chi connectivity index (χ4n) is 4.86. The molecule has 1 heterocycles. The third-order valence-electron chi connectivity index (χ3n) is 6.42. The standard InChI is InChI=1S/C14H20N2O2/c1-8-9(2)13(4)12(8,3)10-14(13,5)16(7-15-10)11(17)18-6/h7,10H,1-6H3/t10-,12+,13+,14+/m1/s1. The molecule has 3 rings (SSSR count). The molecule has 98 valence electrons. The first kappa shape index (κ1) is 11.8. The highest BCUT2D eigenvalue weighted by molar-refractivity contribution is 5.88. The van der Waals surface area contributed by atoms with Crippen molar-refractivity contribution in [3.05, 3.63) is 11.1 Å². The number of hydrogen-bond acceptors (Lipinski definition) is 3. The predicted molar refractivity (Wildman–Crippen MR) is 69.5 cm³/mol. The topological polar surface area (TPSA) is 41.9 Å². The number of carbonyl (C=O) groups excluding carboxylic acids is 1. The Balaban J connectivity index is 2.11. The Hall–Kier alpha value is -1.32. The average Bonchev–Trinajstić information content (AvgIpc) is 2.71. The Morgan fingerprint density at radius 3 is 2.50 bits per heavy atom. The summed E-state index contributed by atoms with van der Waals surface area (Å²) in [4.78, 5) is 18.2. The van der Waals surface area contributed by atoms with Crippen LogP contribution in [0.2, 0.25) is 0 Å². The van der Waals surface area contributed by atoms with Crippen molar-refractivity contribution < 1.29 is 9.53 Å². The normalized spacial score (nSPS) is 48.3. The zero-order valence-corrected chi connectivity index (χ0v) is 11.9. The monoisotopic (exact) mass is 248 g/mol. The van der Waals surface area contributed by atoms with Crippen molar-refractivity contribution in [2.45, 2.75) is 46.2 Å². The molecule has 0 radical (unpaired) electrons. The molecule has 0 aromatic heterocycles. The van der Waals surface area contributed by atoms with Crippen LogP contribution in [0.5, 0.6) is 0 Å². The van der Waals surface area contributed by atoms with E-state index in [4.69, 9.17) is 4.74 Å². The minimum Gasteiger partial charge on any atom is -0.452 e. The maximum absolute atomic E-state index is 11.9. The van der Waals surface area contributed by atoms with Crippen LogP contribution in [0.4, 0.5) is 4.79 Å². The van der Waals surface area contributed by atoms with Crippen LogP contribution in [0.15, 0.2) is 16.1 Å². The molecule has 4 atom stereocenters. The van der Waals surface area contributed by atoms with Gasteiger partial charge in [0, 0.05) is 10.8 Å². The van der Waals surface area contributed by atoms with Crippen molar-refractivity contribution >= 4 is 12.4 Å². The average molecular weight is 248 g/mol. The fraction of sp³-hybridized carbons (Fsp3) is 0.714. The van der Waals surface area contributed by atoms with Crippen molar-refractivity contribution in [2.75, 3.05) is 7.11 Å². The molecule has 0 spiro atoms. The van der Waals surface area contributed by atoms with Gasteiger partial charge in [-0.2, -0.15) is 0 Å². The lowest BCUT2D eigenvalue weighted by atomic mass is 9.28. The molecule has 0 bridgehead atoms. The van der Waals surface area contributed by atoms with E-state index in [2.05, 4.69) is 39.6 Å². The number of rotatable bonds is 0. The first-order valence-electron chi connectivity index (χ1n) is 6.37. The van der Waals surface area contributed by atoms with Crippen molar-refractivity contribution in [3.8, 4) is 0 Å². The number of nitrogens with zero attached hydrogens (tertiary/aromatic N) is 2. The zero-order valence-electron chi connectivity index (χ0n) is 11.9. The highest BCUT2D eigenvalue weighted by Gasteiger charge is 2.83. The van der Waals surface area contributed by atoms with Crippen LogP contribution in [0.1, 0.15) is 34.6 Å². The van der Waals surface area contributed by atoms with Crippen molar-refractivity contribution in [3.63, 3.8) is 0 Å². The molecule has 1 saturated carbocycles. The summed E-state index contributed by atoms with van der Waals surface area (Å²) in [6, 6.07) is 0.151. The van der Waals surface area contributed by atoms with Crippen LogP contribution in [0.3, 0.4) is 0 Å².